The molecule has 1 saturated heterocycles. The zero-order chi connectivity index (χ0) is 16.7. The summed E-state index contributed by atoms with van der Waals surface area (Å²) in [5, 5.41) is 19.1. The number of benzene rings is 1. The maximum absolute atomic E-state index is 9.56. The standard InChI is InChI=1S/C17H21BN4O2/c18-17(23,24)11-12-5-8-21(9-6-12)15-7-10-22-14-4-2-1-3-13(14)19-16(22)20-15/h1-4,7,10,12,23-24H,5-6,8-9,11,18H2. The third-order valence-corrected chi connectivity index (χ3v) is 4.78. The molecule has 3 aromatic rings. The Hall–Kier alpha value is -2.12. The van der Waals surface area contributed by atoms with E-state index >= 15 is 0 Å². The minimum atomic E-state index is -1.57. The highest BCUT2D eigenvalue weighted by Gasteiger charge is 2.26. The smallest absolute Gasteiger partial charge is 0.236 e. The summed E-state index contributed by atoms with van der Waals surface area (Å²) in [6.45, 7) is 1.76. The molecule has 0 atom stereocenters. The van der Waals surface area contributed by atoms with E-state index in [9.17, 15) is 10.2 Å². The first-order valence-electron chi connectivity index (χ1n) is 8.43. The van der Waals surface area contributed by atoms with Crippen molar-refractivity contribution in [1.82, 2.24) is 14.4 Å². The molecule has 3 heterocycles. The molecule has 1 aliphatic rings. The summed E-state index contributed by atoms with van der Waals surface area (Å²) in [6.07, 6.45) is 4.34. The molecule has 6 nitrogen and oxygen atoms in total. The van der Waals surface area contributed by atoms with Crippen LogP contribution in [0, 0.1) is 5.92 Å². The van der Waals surface area contributed by atoms with Crippen LogP contribution in [-0.4, -0.2) is 51.2 Å². The molecule has 1 fully saturated rings. The quantitative estimate of drug-likeness (QED) is 0.550. The lowest BCUT2D eigenvalue weighted by Crippen LogP contribution is -2.38. The molecule has 2 N–H and O–H groups in total. The number of anilines is 1. The molecular weight excluding hydrogens is 303 g/mol. The molecule has 2 aromatic heterocycles. The van der Waals surface area contributed by atoms with E-state index in [1.54, 1.807) is 0 Å². The Morgan fingerprint density at radius 1 is 1.12 bits per heavy atom. The summed E-state index contributed by atoms with van der Waals surface area (Å²) in [5.74, 6) is 2.00. The van der Waals surface area contributed by atoms with Crippen LogP contribution in [0.5, 0.6) is 0 Å². The number of para-hydroxylation sites is 2. The largest absolute Gasteiger partial charge is 0.374 e. The summed E-state index contributed by atoms with van der Waals surface area (Å²) in [5.41, 5.74) is 0.446. The lowest BCUT2D eigenvalue weighted by molar-refractivity contribution is -0.102. The van der Waals surface area contributed by atoms with Crippen LogP contribution in [-0.2, 0) is 0 Å². The van der Waals surface area contributed by atoms with Crippen molar-refractivity contribution in [3.8, 4) is 0 Å². The second-order valence-corrected chi connectivity index (χ2v) is 6.91. The maximum Gasteiger partial charge on any atom is 0.236 e. The van der Waals surface area contributed by atoms with Gasteiger partial charge in [-0.3, -0.25) is 4.40 Å². The predicted molar refractivity (Wildman–Crippen MR) is 95.8 cm³/mol. The molecule has 0 unspecified atom stereocenters. The van der Waals surface area contributed by atoms with Crippen molar-refractivity contribution in [3.05, 3.63) is 36.5 Å². The van der Waals surface area contributed by atoms with E-state index in [4.69, 9.17) is 4.98 Å². The van der Waals surface area contributed by atoms with Crippen LogP contribution in [0.2, 0.25) is 0 Å². The highest BCUT2D eigenvalue weighted by atomic mass is 16.5. The second kappa shape index (κ2) is 5.75. The Morgan fingerprint density at radius 3 is 2.62 bits per heavy atom. The minimum Gasteiger partial charge on any atom is -0.374 e. The Morgan fingerprint density at radius 2 is 1.88 bits per heavy atom. The molecule has 0 saturated carbocycles. The number of rotatable bonds is 3. The molecule has 0 bridgehead atoms. The second-order valence-electron chi connectivity index (χ2n) is 6.91. The van der Waals surface area contributed by atoms with E-state index in [-0.39, 0.29) is 0 Å². The number of hydrogen-bond donors (Lipinski definition) is 2. The van der Waals surface area contributed by atoms with Gasteiger partial charge in [0.25, 0.3) is 0 Å². The van der Waals surface area contributed by atoms with Gasteiger partial charge in [0.1, 0.15) is 11.5 Å². The monoisotopic (exact) mass is 324 g/mol. The van der Waals surface area contributed by atoms with Gasteiger partial charge in [-0.2, -0.15) is 4.98 Å². The fraction of sp³-hybridized carbons (Fsp3) is 0.412. The lowest BCUT2D eigenvalue weighted by Gasteiger charge is -2.34. The number of piperidine rings is 1. The zero-order valence-electron chi connectivity index (χ0n) is 13.8. The van der Waals surface area contributed by atoms with E-state index in [0.29, 0.717) is 18.1 Å². The van der Waals surface area contributed by atoms with Gasteiger partial charge < -0.3 is 15.1 Å². The van der Waals surface area contributed by atoms with Crippen LogP contribution in [0.4, 0.5) is 5.82 Å². The third-order valence-electron chi connectivity index (χ3n) is 4.78. The Bertz CT molecular complexity index is 866. The topological polar surface area (TPSA) is 73.9 Å². The summed E-state index contributed by atoms with van der Waals surface area (Å²) >= 11 is 0. The first-order chi connectivity index (χ1) is 11.5. The van der Waals surface area contributed by atoms with Crippen molar-refractivity contribution < 1.29 is 10.2 Å². The third kappa shape index (κ3) is 2.97. The number of aliphatic hydroxyl groups is 2. The van der Waals surface area contributed by atoms with Crippen molar-refractivity contribution in [2.45, 2.75) is 24.9 Å². The van der Waals surface area contributed by atoms with E-state index in [1.165, 1.54) is 7.85 Å². The molecule has 7 heteroatoms. The summed E-state index contributed by atoms with van der Waals surface area (Å²) in [7, 11) is 1.46. The van der Waals surface area contributed by atoms with Gasteiger partial charge in [-0.15, -0.1) is 0 Å². The van der Waals surface area contributed by atoms with Crippen LogP contribution in [0.15, 0.2) is 36.5 Å². The van der Waals surface area contributed by atoms with Crippen LogP contribution >= 0.6 is 0 Å². The molecule has 0 spiro atoms. The molecule has 1 aromatic carbocycles. The van der Waals surface area contributed by atoms with E-state index < -0.39 is 5.69 Å². The Kier molecular flexibility index (Phi) is 3.70. The number of hydrogen-bond acceptors (Lipinski definition) is 5. The normalized spacial score (nSPS) is 17.0. The number of fused-ring (bicyclic) bond motifs is 3. The summed E-state index contributed by atoms with van der Waals surface area (Å²) < 4.78 is 2.01. The highest BCUT2D eigenvalue weighted by Crippen LogP contribution is 2.27. The van der Waals surface area contributed by atoms with Gasteiger partial charge >= 0.3 is 0 Å². The molecule has 0 amide bonds. The van der Waals surface area contributed by atoms with Gasteiger partial charge in [-0.25, -0.2) is 4.98 Å². The van der Waals surface area contributed by atoms with Gasteiger partial charge in [-0.1, -0.05) is 12.1 Å². The van der Waals surface area contributed by atoms with Crippen molar-refractivity contribution in [2.24, 2.45) is 5.92 Å². The van der Waals surface area contributed by atoms with E-state index in [1.807, 2.05) is 40.9 Å². The van der Waals surface area contributed by atoms with Crippen LogP contribution in [0.1, 0.15) is 19.3 Å². The number of imidazole rings is 1. The first-order valence-corrected chi connectivity index (χ1v) is 8.43. The van der Waals surface area contributed by atoms with Gasteiger partial charge in [0.2, 0.25) is 5.78 Å². The minimum absolute atomic E-state index is 0.346. The van der Waals surface area contributed by atoms with Gasteiger partial charge in [-0.05, 0) is 43.4 Å². The summed E-state index contributed by atoms with van der Waals surface area (Å²) in [4.78, 5) is 11.6. The highest BCUT2D eigenvalue weighted by molar-refractivity contribution is 6.12. The predicted octanol–water partition coefficient (Wildman–Crippen LogP) is 0.760. The van der Waals surface area contributed by atoms with Crippen molar-refractivity contribution in [1.29, 1.82) is 0 Å². The SMILES string of the molecule is BC(O)(O)CC1CCN(c2ccn3c(n2)nc2ccccc23)CC1. The van der Waals surface area contributed by atoms with Gasteiger partial charge in [0, 0.05) is 19.3 Å². The Labute approximate surface area is 141 Å². The number of aromatic nitrogens is 3. The van der Waals surface area contributed by atoms with Crippen LogP contribution in [0.25, 0.3) is 16.8 Å². The van der Waals surface area contributed by atoms with E-state index in [2.05, 4.69) is 9.88 Å². The van der Waals surface area contributed by atoms with Crippen LogP contribution in [0.3, 0.4) is 0 Å². The maximum atomic E-state index is 9.56. The molecule has 1 aliphatic heterocycles. The van der Waals surface area contributed by atoms with E-state index in [0.717, 1.165) is 42.8 Å². The Balaban J connectivity index is 1.54. The molecule has 24 heavy (non-hydrogen) atoms. The molecule has 0 radical (unpaired) electrons. The molecule has 4 rings (SSSR count). The van der Waals surface area contributed by atoms with Gasteiger partial charge in [0.15, 0.2) is 7.85 Å². The average molecular weight is 324 g/mol. The molecule has 124 valence electrons. The van der Waals surface area contributed by atoms with Crippen molar-refractivity contribution in [3.63, 3.8) is 0 Å². The van der Waals surface area contributed by atoms with Crippen molar-refractivity contribution >= 4 is 30.5 Å². The number of nitrogens with zero attached hydrogens (tertiary/aromatic N) is 4. The molecule has 0 aliphatic carbocycles. The zero-order valence-corrected chi connectivity index (χ0v) is 13.8. The fourth-order valence-corrected chi connectivity index (χ4v) is 3.63. The lowest BCUT2D eigenvalue weighted by atomic mass is 9.81. The average Bonchev–Trinajstić information content (AvgIpc) is 2.91. The first kappa shape index (κ1) is 15.4. The van der Waals surface area contributed by atoms with Crippen molar-refractivity contribution in [2.75, 3.05) is 18.0 Å². The summed E-state index contributed by atoms with van der Waals surface area (Å²) in [6, 6.07) is 10.1. The van der Waals surface area contributed by atoms with Crippen LogP contribution < -0.4 is 4.90 Å². The van der Waals surface area contributed by atoms with Gasteiger partial charge in [0.05, 0.1) is 11.0 Å². The molecular formula is C17H21BN4O2. The fourth-order valence-electron chi connectivity index (χ4n) is 3.63.